The van der Waals surface area contributed by atoms with Crippen LogP contribution < -0.4 is 5.32 Å². The van der Waals surface area contributed by atoms with Gasteiger partial charge in [0.05, 0.1) is 18.7 Å². The first kappa shape index (κ1) is 15.8. The van der Waals surface area contributed by atoms with Gasteiger partial charge in [-0.2, -0.15) is 0 Å². The summed E-state index contributed by atoms with van der Waals surface area (Å²) >= 11 is 5.90. The van der Waals surface area contributed by atoms with Gasteiger partial charge in [0.15, 0.2) is 0 Å². The lowest BCUT2D eigenvalue weighted by atomic mass is 10.1. The highest BCUT2D eigenvalue weighted by atomic mass is 35.5. The van der Waals surface area contributed by atoms with Crippen molar-refractivity contribution in [2.24, 2.45) is 5.92 Å². The lowest BCUT2D eigenvalue weighted by Gasteiger charge is -2.28. The number of hydrogen-bond acceptors (Lipinski definition) is 3. The molecule has 1 saturated heterocycles. The van der Waals surface area contributed by atoms with E-state index in [4.69, 9.17) is 11.6 Å². The Labute approximate surface area is 136 Å². The van der Waals surface area contributed by atoms with E-state index < -0.39 is 0 Å². The fourth-order valence-electron chi connectivity index (χ4n) is 3.30. The summed E-state index contributed by atoms with van der Waals surface area (Å²) in [7, 11) is 0. The highest BCUT2D eigenvalue weighted by molar-refractivity contribution is 6.30. The van der Waals surface area contributed by atoms with Crippen molar-refractivity contribution in [3.05, 3.63) is 34.9 Å². The van der Waals surface area contributed by atoms with E-state index in [1.807, 2.05) is 12.1 Å². The topological polar surface area (TPSA) is 52.6 Å². The number of aliphatic hydroxyl groups is 1. The summed E-state index contributed by atoms with van der Waals surface area (Å²) in [5.41, 5.74) is 0.885. The summed E-state index contributed by atoms with van der Waals surface area (Å²) in [5.74, 6) is 0.543. The number of rotatable bonds is 6. The summed E-state index contributed by atoms with van der Waals surface area (Å²) in [5, 5.41) is 13.3. The Balaban J connectivity index is 1.68. The van der Waals surface area contributed by atoms with Crippen LogP contribution in [0, 0.1) is 5.92 Å². The zero-order valence-corrected chi connectivity index (χ0v) is 13.4. The molecule has 2 N–H and O–H groups in total. The molecule has 4 nitrogen and oxygen atoms in total. The Morgan fingerprint density at radius 3 is 2.45 bits per heavy atom. The minimum atomic E-state index is -0.367. The van der Waals surface area contributed by atoms with Gasteiger partial charge in [0.2, 0.25) is 5.91 Å². The van der Waals surface area contributed by atoms with Crippen molar-refractivity contribution >= 4 is 17.5 Å². The summed E-state index contributed by atoms with van der Waals surface area (Å²) in [6, 6.07) is 6.88. The molecule has 1 aliphatic heterocycles. The molecule has 1 saturated carbocycles. The van der Waals surface area contributed by atoms with Crippen LogP contribution in [-0.2, 0) is 4.79 Å². The van der Waals surface area contributed by atoms with E-state index in [1.165, 1.54) is 12.8 Å². The lowest BCUT2D eigenvalue weighted by molar-refractivity contribution is -0.128. The molecular weight excluding hydrogens is 300 g/mol. The molecule has 3 rings (SSSR count). The van der Waals surface area contributed by atoms with Gasteiger partial charge >= 0.3 is 0 Å². The van der Waals surface area contributed by atoms with Gasteiger partial charge in [0.1, 0.15) is 0 Å². The second-order valence-corrected chi connectivity index (χ2v) is 6.76. The standard InChI is InChI=1S/C17H23ClN2O2/c18-14-7-5-12(6-8-14)15(11-21)19-17(22)16(13-3-4-13)20-9-1-2-10-20/h5-8,13,15-16,21H,1-4,9-11H2,(H,19,22)/t15-,16+/m0/s1. The molecule has 0 spiro atoms. The molecule has 2 atom stereocenters. The van der Waals surface area contributed by atoms with Crippen LogP contribution in [0.15, 0.2) is 24.3 Å². The fourth-order valence-corrected chi connectivity index (χ4v) is 3.42. The number of nitrogens with zero attached hydrogens (tertiary/aromatic N) is 1. The Morgan fingerprint density at radius 2 is 1.91 bits per heavy atom. The van der Waals surface area contributed by atoms with E-state index in [9.17, 15) is 9.90 Å². The first-order chi connectivity index (χ1) is 10.7. The van der Waals surface area contributed by atoms with E-state index in [0.717, 1.165) is 31.5 Å². The van der Waals surface area contributed by atoms with Crippen molar-refractivity contribution in [1.82, 2.24) is 10.2 Å². The predicted molar refractivity (Wildman–Crippen MR) is 86.7 cm³/mol. The Hall–Kier alpha value is -1.10. The highest BCUT2D eigenvalue weighted by Crippen LogP contribution is 2.37. The average molecular weight is 323 g/mol. The van der Waals surface area contributed by atoms with E-state index in [-0.39, 0.29) is 24.6 Å². The van der Waals surface area contributed by atoms with Crippen LogP contribution in [0.3, 0.4) is 0 Å². The molecule has 0 aromatic heterocycles. The highest BCUT2D eigenvalue weighted by Gasteiger charge is 2.41. The molecule has 1 amide bonds. The van der Waals surface area contributed by atoms with Gasteiger partial charge in [-0.15, -0.1) is 0 Å². The van der Waals surface area contributed by atoms with Crippen molar-refractivity contribution < 1.29 is 9.90 Å². The van der Waals surface area contributed by atoms with E-state index in [0.29, 0.717) is 10.9 Å². The predicted octanol–water partition coefficient (Wildman–Crippen LogP) is 2.36. The number of halogens is 1. The van der Waals surface area contributed by atoms with Crippen molar-refractivity contribution in [3.8, 4) is 0 Å². The number of hydrogen-bond donors (Lipinski definition) is 2. The summed E-state index contributed by atoms with van der Waals surface area (Å²) in [6.07, 6.45) is 4.63. The fraction of sp³-hybridized carbons (Fsp3) is 0.588. The van der Waals surface area contributed by atoms with E-state index in [2.05, 4.69) is 10.2 Å². The number of amides is 1. The molecule has 120 valence electrons. The molecule has 2 fully saturated rings. The van der Waals surface area contributed by atoms with E-state index in [1.54, 1.807) is 12.1 Å². The first-order valence-electron chi connectivity index (χ1n) is 8.10. The van der Waals surface area contributed by atoms with Gasteiger partial charge in [0.25, 0.3) is 0 Å². The minimum absolute atomic E-state index is 0.0242. The second kappa shape index (κ2) is 6.99. The Kier molecular flexibility index (Phi) is 5.01. The normalized spacial score (nSPS) is 21.5. The van der Waals surface area contributed by atoms with Gasteiger partial charge in [-0.3, -0.25) is 9.69 Å². The van der Waals surface area contributed by atoms with Gasteiger partial charge in [-0.05, 0) is 62.4 Å². The van der Waals surface area contributed by atoms with Crippen molar-refractivity contribution in [2.75, 3.05) is 19.7 Å². The largest absolute Gasteiger partial charge is 0.394 e. The summed E-state index contributed by atoms with van der Waals surface area (Å²) in [6.45, 7) is 1.92. The maximum absolute atomic E-state index is 12.7. The summed E-state index contributed by atoms with van der Waals surface area (Å²) < 4.78 is 0. The summed E-state index contributed by atoms with van der Waals surface area (Å²) in [4.78, 5) is 15.0. The lowest BCUT2D eigenvalue weighted by Crippen LogP contribution is -2.48. The molecule has 0 bridgehead atoms. The number of nitrogens with one attached hydrogen (secondary N) is 1. The second-order valence-electron chi connectivity index (χ2n) is 6.32. The molecular formula is C17H23ClN2O2. The molecule has 2 aliphatic rings. The Morgan fingerprint density at radius 1 is 1.27 bits per heavy atom. The molecule has 1 aromatic rings. The van der Waals surface area contributed by atoms with Crippen LogP contribution in [0.4, 0.5) is 0 Å². The Bertz CT molecular complexity index is 510. The van der Waals surface area contributed by atoms with Crippen LogP contribution in [0.25, 0.3) is 0 Å². The van der Waals surface area contributed by atoms with Gasteiger partial charge in [0, 0.05) is 5.02 Å². The zero-order valence-electron chi connectivity index (χ0n) is 12.7. The number of carbonyl (C=O) groups is 1. The molecule has 22 heavy (non-hydrogen) atoms. The number of carbonyl (C=O) groups excluding carboxylic acids is 1. The maximum Gasteiger partial charge on any atom is 0.238 e. The van der Waals surface area contributed by atoms with Gasteiger partial charge in [-0.1, -0.05) is 23.7 Å². The van der Waals surface area contributed by atoms with E-state index >= 15 is 0 Å². The molecule has 5 heteroatoms. The van der Waals surface area contributed by atoms with Crippen LogP contribution in [0.2, 0.25) is 5.02 Å². The first-order valence-corrected chi connectivity index (χ1v) is 8.47. The maximum atomic E-state index is 12.7. The van der Waals surface area contributed by atoms with Gasteiger partial charge in [-0.25, -0.2) is 0 Å². The van der Waals surface area contributed by atoms with Crippen LogP contribution in [-0.4, -0.2) is 41.7 Å². The quantitative estimate of drug-likeness (QED) is 0.845. The number of likely N-dealkylation sites (tertiary alicyclic amines) is 1. The van der Waals surface area contributed by atoms with Crippen molar-refractivity contribution in [1.29, 1.82) is 0 Å². The van der Waals surface area contributed by atoms with Crippen LogP contribution >= 0.6 is 11.6 Å². The third-order valence-electron chi connectivity index (χ3n) is 4.64. The molecule has 0 unspecified atom stereocenters. The third-order valence-corrected chi connectivity index (χ3v) is 4.89. The SMILES string of the molecule is O=C(N[C@@H](CO)c1ccc(Cl)cc1)[C@@H](C1CC1)N1CCCC1. The third kappa shape index (κ3) is 3.62. The smallest absolute Gasteiger partial charge is 0.238 e. The van der Waals surface area contributed by atoms with Crippen LogP contribution in [0.1, 0.15) is 37.3 Å². The van der Waals surface area contributed by atoms with Crippen LogP contribution in [0.5, 0.6) is 0 Å². The van der Waals surface area contributed by atoms with Crippen molar-refractivity contribution in [2.45, 2.75) is 37.8 Å². The average Bonchev–Trinajstić information content (AvgIpc) is 3.20. The van der Waals surface area contributed by atoms with Gasteiger partial charge < -0.3 is 10.4 Å². The zero-order chi connectivity index (χ0) is 15.5. The minimum Gasteiger partial charge on any atom is -0.394 e. The monoisotopic (exact) mass is 322 g/mol. The molecule has 1 aliphatic carbocycles. The number of aliphatic hydroxyl groups excluding tert-OH is 1. The molecule has 0 radical (unpaired) electrons. The number of benzene rings is 1. The molecule has 1 heterocycles. The van der Waals surface area contributed by atoms with Crippen molar-refractivity contribution in [3.63, 3.8) is 0 Å². The molecule has 1 aromatic carbocycles.